The molecule has 1 aromatic carbocycles. The normalized spacial score (nSPS) is 23.6. The first-order valence-corrected chi connectivity index (χ1v) is 12.8. The maximum atomic E-state index is 13.2. The van der Waals surface area contributed by atoms with Gasteiger partial charge in [0.1, 0.15) is 10.3 Å². The summed E-state index contributed by atoms with van der Waals surface area (Å²) < 4.78 is 27.6. The fourth-order valence-electron chi connectivity index (χ4n) is 4.18. The van der Waals surface area contributed by atoms with Crippen LogP contribution in [0.1, 0.15) is 34.1 Å². The second kappa shape index (κ2) is 9.29. The first-order valence-electron chi connectivity index (χ1n) is 10.3. The molecule has 162 valence electrons. The van der Waals surface area contributed by atoms with Crippen LogP contribution in [0.5, 0.6) is 5.75 Å². The van der Waals surface area contributed by atoms with E-state index in [1.165, 1.54) is 11.8 Å². The summed E-state index contributed by atoms with van der Waals surface area (Å²) in [6.45, 7) is 11.1. The van der Waals surface area contributed by atoms with Crippen LogP contribution in [0.15, 0.2) is 35.7 Å². The van der Waals surface area contributed by atoms with Crippen LogP contribution < -0.4 is 4.90 Å². The summed E-state index contributed by atoms with van der Waals surface area (Å²) in [7, 11) is -3.33. The fourth-order valence-corrected chi connectivity index (χ4v) is 7.32. The molecular formula is C21H33N3O3S2. The number of piperazine rings is 1. The van der Waals surface area contributed by atoms with Crippen molar-refractivity contribution in [1.82, 2.24) is 9.21 Å². The van der Waals surface area contributed by atoms with Crippen molar-refractivity contribution in [1.29, 1.82) is 0 Å². The molecule has 0 aliphatic carbocycles. The van der Waals surface area contributed by atoms with Gasteiger partial charge in [0.05, 0.1) is 6.04 Å². The second-order valence-electron chi connectivity index (χ2n) is 8.32. The van der Waals surface area contributed by atoms with Gasteiger partial charge in [-0.25, -0.2) is 8.42 Å². The Labute approximate surface area is 179 Å². The summed E-state index contributed by atoms with van der Waals surface area (Å²) in [4.78, 5) is 4.71. The van der Waals surface area contributed by atoms with Gasteiger partial charge in [0.15, 0.2) is 0 Å². The molecule has 1 aromatic rings. The van der Waals surface area contributed by atoms with E-state index in [1.54, 1.807) is 16.4 Å². The number of rotatable bonds is 7. The van der Waals surface area contributed by atoms with Gasteiger partial charge >= 0.3 is 0 Å². The zero-order chi connectivity index (χ0) is 21.2. The van der Waals surface area contributed by atoms with Crippen LogP contribution in [0.4, 0.5) is 5.69 Å². The number of nitrogens with zero attached hydrogens (tertiary/aromatic N) is 3. The topological polar surface area (TPSA) is 64.1 Å². The van der Waals surface area contributed by atoms with Gasteiger partial charge in [-0.15, -0.1) is 11.8 Å². The Morgan fingerprint density at radius 3 is 2.34 bits per heavy atom. The maximum absolute atomic E-state index is 13.2. The highest BCUT2D eigenvalue weighted by Gasteiger charge is 2.39. The molecule has 0 bridgehead atoms. The van der Waals surface area contributed by atoms with Gasteiger partial charge in [-0.2, -0.15) is 4.31 Å². The standard InChI is InChI=1S/C21H33N3O3S2/c1-16(2)24(17(3)4)15-19-14-22(29(26,27)21-6-5-13-28-21)11-12-23(19)18-7-9-20(25)10-8-18/h5,7-10,13,16-17,19,21,25H,6,11-12,14-15H2,1-4H3/t19-,21?/m1/s1. The lowest BCUT2D eigenvalue weighted by Gasteiger charge is -2.46. The predicted molar refractivity (Wildman–Crippen MR) is 122 cm³/mol. The van der Waals surface area contributed by atoms with Crippen molar-refractivity contribution in [2.24, 2.45) is 0 Å². The van der Waals surface area contributed by atoms with E-state index in [2.05, 4.69) is 37.5 Å². The van der Waals surface area contributed by atoms with E-state index in [9.17, 15) is 13.5 Å². The van der Waals surface area contributed by atoms with E-state index >= 15 is 0 Å². The quantitative estimate of drug-likeness (QED) is 0.703. The molecule has 2 atom stereocenters. The minimum Gasteiger partial charge on any atom is -0.508 e. The fraction of sp³-hybridized carbons (Fsp3) is 0.619. The van der Waals surface area contributed by atoms with Gasteiger partial charge in [0, 0.05) is 44.0 Å². The molecule has 1 unspecified atom stereocenters. The Hall–Kier alpha value is -1.22. The molecule has 1 fully saturated rings. The van der Waals surface area contributed by atoms with Crippen molar-refractivity contribution in [2.45, 2.75) is 56.8 Å². The van der Waals surface area contributed by atoms with Crippen LogP contribution in [0, 0.1) is 0 Å². The SMILES string of the molecule is CC(C)N(C[C@H]1CN(S(=O)(=O)C2CC=CS2)CCN1c1ccc(O)cc1)C(C)C. The number of aromatic hydroxyl groups is 1. The zero-order valence-corrected chi connectivity index (χ0v) is 19.4. The molecule has 0 saturated carbocycles. The number of hydrogen-bond acceptors (Lipinski definition) is 6. The lowest BCUT2D eigenvalue weighted by atomic mass is 10.1. The Kier molecular flexibility index (Phi) is 7.19. The molecule has 0 spiro atoms. The van der Waals surface area contributed by atoms with Gasteiger partial charge < -0.3 is 10.0 Å². The molecule has 29 heavy (non-hydrogen) atoms. The average Bonchev–Trinajstić information content (AvgIpc) is 3.22. The van der Waals surface area contributed by atoms with Crippen LogP contribution in [-0.4, -0.2) is 71.6 Å². The molecule has 1 saturated heterocycles. The third kappa shape index (κ3) is 5.10. The highest BCUT2D eigenvalue weighted by molar-refractivity contribution is 8.14. The number of hydrogen-bond donors (Lipinski definition) is 1. The summed E-state index contributed by atoms with van der Waals surface area (Å²) in [6.07, 6.45) is 2.52. The minimum atomic E-state index is -3.33. The van der Waals surface area contributed by atoms with Gasteiger partial charge in [0.25, 0.3) is 0 Å². The first kappa shape index (κ1) is 22.5. The van der Waals surface area contributed by atoms with Crippen molar-refractivity contribution in [3.63, 3.8) is 0 Å². The number of sulfonamides is 1. The monoisotopic (exact) mass is 439 g/mol. The molecule has 2 heterocycles. The number of phenols is 1. The van der Waals surface area contributed by atoms with Crippen molar-refractivity contribution in [3.8, 4) is 5.75 Å². The Balaban J connectivity index is 1.85. The molecule has 8 heteroatoms. The Bertz CT molecular complexity index is 793. The number of phenolic OH excluding ortho intramolecular Hbond substituents is 1. The molecule has 0 aromatic heterocycles. The molecule has 3 rings (SSSR count). The second-order valence-corrected chi connectivity index (χ2v) is 11.9. The van der Waals surface area contributed by atoms with Crippen LogP contribution >= 0.6 is 11.8 Å². The van der Waals surface area contributed by atoms with Crippen molar-refractivity contribution < 1.29 is 13.5 Å². The smallest absolute Gasteiger partial charge is 0.227 e. The zero-order valence-electron chi connectivity index (χ0n) is 17.7. The molecular weight excluding hydrogens is 406 g/mol. The van der Waals surface area contributed by atoms with Crippen LogP contribution in [-0.2, 0) is 10.0 Å². The number of allylic oxidation sites excluding steroid dienone is 1. The third-order valence-corrected chi connectivity index (χ3v) is 9.54. The van der Waals surface area contributed by atoms with Crippen LogP contribution in [0.3, 0.4) is 0 Å². The highest BCUT2D eigenvalue weighted by atomic mass is 32.3. The predicted octanol–water partition coefficient (Wildman–Crippen LogP) is 3.31. The summed E-state index contributed by atoms with van der Waals surface area (Å²) in [5, 5.41) is 11.6. The van der Waals surface area contributed by atoms with E-state index in [1.807, 2.05) is 23.6 Å². The third-order valence-electron chi connectivity index (χ3n) is 5.72. The van der Waals surface area contributed by atoms with Crippen LogP contribution in [0.2, 0.25) is 0 Å². The van der Waals surface area contributed by atoms with Crippen molar-refractivity contribution >= 4 is 27.5 Å². The van der Waals surface area contributed by atoms with Gasteiger partial charge in [-0.05, 0) is 63.8 Å². The maximum Gasteiger partial charge on any atom is 0.227 e. The van der Waals surface area contributed by atoms with Crippen LogP contribution in [0.25, 0.3) is 0 Å². The molecule has 0 amide bonds. The molecule has 0 radical (unpaired) electrons. The summed E-state index contributed by atoms with van der Waals surface area (Å²) in [5.74, 6) is 0.239. The average molecular weight is 440 g/mol. The lowest BCUT2D eigenvalue weighted by Crippen LogP contribution is -2.60. The summed E-state index contributed by atoms with van der Waals surface area (Å²) >= 11 is 1.40. The van der Waals surface area contributed by atoms with Gasteiger partial charge in [-0.3, -0.25) is 4.90 Å². The highest BCUT2D eigenvalue weighted by Crippen LogP contribution is 2.33. The summed E-state index contributed by atoms with van der Waals surface area (Å²) in [5.41, 5.74) is 1.02. The molecule has 2 aliphatic rings. The van der Waals surface area contributed by atoms with E-state index in [0.717, 1.165) is 12.2 Å². The largest absolute Gasteiger partial charge is 0.508 e. The van der Waals surface area contributed by atoms with Crippen molar-refractivity contribution in [2.75, 3.05) is 31.1 Å². The van der Waals surface area contributed by atoms with E-state index in [-0.39, 0.29) is 11.8 Å². The van der Waals surface area contributed by atoms with Crippen molar-refractivity contribution in [3.05, 3.63) is 35.7 Å². The molecule has 6 nitrogen and oxygen atoms in total. The van der Waals surface area contributed by atoms with E-state index in [0.29, 0.717) is 38.1 Å². The first-order chi connectivity index (χ1) is 13.7. The molecule has 2 aliphatic heterocycles. The summed E-state index contributed by atoms with van der Waals surface area (Å²) in [6, 6.07) is 8.01. The van der Waals surface area contributed by atoms with Gasteiger partial charge in [0.2, 0.25) is 10.0 Å². The Morgan fingerprint density at radius 1 is 1.14 bits per heavy atom. The Morgan fingerprint density at radius 2 is 1.79 bits per heavy atom. The van der Waals surface area contributed by atoms with Gasteiger partial charge in [-0.1, -0.05) is 6.08 Å². The lowest BCUT2D eigenvalue weighted by molar-refractivity contribution is 0.149. The number of thioether (sulfide) groups is 1. The van der Waals surface area contributed by atoms with E-state index < -0.39 is 14.6 Å². The number of anilines is 1. The minimum absolute atomic E-state index is 0.0484. The van der Waals surface area contributed by atoms with E-state index in [4.69, 9.17) is 0 Å². The molecule has 1 N–H and O–H groups in total. The number of benzene rings is 1.